The molecule has 0 bridgehead atoms. The average molecular weight is 377 g/mol. The van der Waals surface area contributed by atoms with Crippen LogP contribution in [0, 0.1) is 0 Å². The van der Waals surface area contributed by atoms with E-state index in [1.807, 2.05) is 12.1 Å². The maximum Gasteiger partial charge on any atom is 0.335 e. The van der Waals surface area contributed by atoms with Gasteiger partial charge in [-0.2, -0.15) is 0 Å². The van der Waals surface area contributed by atoms with Crippen LogP contribution >= 0.6 is 15.9 Å². The zero-order valence-corrected chi connectivity index (χ0v) is 15.2. The Morgan fingerprint density at radius 3 is 2.57 bits per heavy atom. The minimum absolute atomic E-state index is 0.122. The molecule has 1 N–H and O–H groups in total. The predicted molar refractivity (Wildman–Crippen MR) is 95.2 cm³/mol. The number of hydrogen-bond donors (Lipinski definition) is 1. The number of benzene rings is 2. The van der Waals surface area contributed by atoms with Gasteiger partial charge in [0.1, 0.15) is 12.4 Å². The number of halogens is 1. The molecule has 0 saturated carbocycles. The van der Waals surface area contributed by atoms with Gasteiger partial charge in [-0.05, 0) is 63.2 Å². The quantitative estimate of drug-likeness (QED) is 0.732. The number of carboxylic acid groups (broad SMARTS) is 1. The normalized spacial score (nSPS) is 11.3. The lowest BCUT2D eigenvalue weighted by Crippen LogP contribution is -2.15. The Kier molecular flexibility index (Phi) is 5.47. The van der Waals surface area contributed by atoms with E-state index in [-0.39, 0.29) is 11.0 Å². The second kappa shape index (κ2) is 7.18. The summed E-state index contributed by atoms with van der Waals surface area (Å²) in [6.45, 7) is 6.93. The molecule has 0 atom stereocenters. The van der Waals surface area contributed by atoms with Gasteiger partial charge in [0, 0.05) is 0 Å². The van der Waals surface area contributed by atoms with Gasteiger partial charge in [0.05, 0.1) is 10.0 Å². The van der Waals surface area contributed by atoms with Crippen molar-refractivity contribution in [1.82, 2.24) is 0 Å². The third-order valence-electron chi connectivity index (χ3n) is 4.17. The van der Waals surface area contributed by atoms with Crippen LogP contribution in [0.2, 0.25) is 0 Å². The first-order valence-electron chi connectivity index (χ1n) is 7.58. The summed E-state index contributed by atoms with van der Waals surface area (Å²) in [4.78, 5) is 11.0. The van der Waals surface area contributed by atoms with Gasteiger partial charge in [0.15, 0.2) is 0 Å². The van der Waals surface area contributed by atoms with Gasteiger partial charge in [-0.25, -0.2) is 4.79 Å². The second-order valence-electron chi connectivity index (χ2n) is 6.18. The fourth-order valence-electron chi connectivity index (χ4n) is 2.20. The molecule has 4 heteroatoms. The van der Waals surface area contributed by atoms with E-state index in [9.17, 15) is 4.79 Å². The van der Waals surface area contributed by atoms with E-state index < -0.39 is 5.97 Å². The largest absolute Gasteiger partial charge is 0.488 e. The summed E-state index contributed by atoms with van der Waals surface area (Å²) in [6.07, 6.45) is 1.06. The second-order valence-corrected chi connectivity index (χ2v) is 7.03. The third kappa shape index (κ3) is 4.35. The summed E-state index contributed by atoms with van der Waals surface area (Å²) in [5.41, 5.74) is 2.48. The fourth-order valence-corrected chi connectivity index (χ4v) is 2.69. The highest BCUT2D eigenvalue weighted by Crippen LogP contribution is 2.33. The Hall–Kier alpha value is -1.81. The van der Waals surface area contributed by atoms with Gasteiger partial charge in [0.2, 0.25) is 0 Å². The standard InChI is InChI=1S/C19H21BrO3/c1-4-19(2,3)15-8-9-17(16(20)11-15)23-12-13-6-5-7-14(10-13)18(21)22/h5-11H,4,12H2,1-3H3,(H,21,22). The van der Waals surface area contributed by atoms with Crippen LogP contribution in [0.15, 0.2) is 46.9 Å². The predicted octanol–water partition coefficient (Wildman–Crippen LogP) is 5.41. The maximum atomic E-state index is 11.0. The molecular formula is C19H21BrO3. The molecule has 0 unspecified atom stereocenters. The van der Waals surface area contributed by atoms with Crippen LogP contribution in [-0.4, -0.2) is 11.1 Å². The Bertz CT molecular complexity index is 708. The Balaban J connectivity index is 2.12. The lowest BCUT2D eigenvalue weighted by Gasteiger charge is -2.24. The smallest absolute Gasteiger partial charge is 0.335 e. The van der Waals surface area contributed by atoms with Gasteiger partial charge >= 0.3 is 5.97 Å². The van der Waals surface area contributed by atoms with Gasteiger partial charge in [0.25, 0.3) is 0 Å². The first-order chi connectivity index (χ1) is 10.8. The summed E-state index contributed by atoms with van der Waals surface area (Å²) < 4.78 is 6.73. The van der Waals surface area contributed by atoms with Crippen LogP contribution in [0.1, 0.15) is 48.7 Å². The Morgan fingerprint density at radius 1 is 1.22 bits per heavy atom. The van der Waals surface area contributed by atoms with Crippen LogP contribution in [0.5, 0.6) is 5.75 Å². The van der Waals surface area contributed by atoms with Crippen LogP contribution in [0.25, 0.3) is 0 Å². The molecule has 122 valence electrons. The number of aromatic carboxylic acids is 1. The fraction of sp³-hybridized carbons (Fsp3) is 0.316. The topological polar surface area (TPSA) is 46.5 Å². The molecule has 2 aromatic rings. The highest BCUT2D eigenvalue weighted by Gasteiger charge is 2.19. The Labute approximate surface area is 145 Å². The van der Waals surface area contributed by atoms with Crippen LogP contribution in [0.4, 0.5) is 0 Å². The highest BCUT2D eigenvalue weighted by molar-refractivity contribution is 9.10. The molecule has 0 aliphatic rings. The summed E-state index contributed by atoms with van der Waals surface area (Å²) in [7, 11) is 0. The highest BCUT2D eigenvalue weighted by atomic mass is 79.9. The molecule has 2 aromatic carbocycles. The van der Waals surface area contributed by atoms with E-state index in [1.54, 1.807) is 18.2 Å². The minimum atomic E-state index is -0.931. The van der Waals surface area contributed by atoms with Crippen LogP contribution in [0.3, 0.4) is 0 Å². The molecule has 2 rings (SSSR count). The van der Waals surface area contributed by atoms with E-state index >= 15 is 0 Å². The summed E-state index contributed by atoms with van der Waals surface area (Å²) >= 11 is 3.56. The SMILES string of the molecule is CCC(C)(C)c1ccc(OCc2cccc(C(=O)O)c2)c(Br)c1. The minimum Gasteiger partial charge on any atom is -0.488 e. The molecule has 0 radical (unpaired) electrons. The van der Waals surface area contributed by atoms with E-state index in [4.69, 9.17) is 9.84 Å². The van der Waals surface area contributed by atoms with Crippen molar-refractivity contribution in [3.8, 4) is 5.75 Å². The lowest BCUT2D eigenvalue weighted by atomic mass is 9.82. The van der Waals surface area contributed by atoms with Crippen LogP contribution in [-0.2, 0) is 12.0 Å². The first kappa shape index (κ1) is 17.5. The van der Waals surface area contributed by atoms with Gasteiger partial charge in [-0.3, -0.25) is 0 Å². The Morgan fingerprint density at radius 2 is 1.96 bits per heavy atom. The van der Waals surface area contributed by atoms with Crippen molar-refractivity contribution < 1.29 is 14.6 Å². The lowest BCUT2D eigenvalue weighted by molar-refractivity contribution is 0.0696. The van der Waals surface area contributed by atoms with E-state index in [0.29, 0.717) is 6.61 Å². The average Bonchev–Trinajstić information content (AvgIpc) is 2.53. The van der Waals surface area contributed by atoms with E-state index in [0.717, 1.165) is 22.2 Å². The molecule has 3 nitrogen and oxygen atoms in total. The van der Waals surface area contributed by atoms with Crippen molar-refractivity contribution in [2.24, 2.45) is 0 Å². The molecular weight excluding hydrogens is 356 g/mol. The summed E-state index contributed by atoms with van der Waals surface area (Å²) in [5, 5.41) is 9.02. The molecule has 0 fully saturated rings. The number of carboxylic acids is 1. The molecule has 0 spiro atoms. The number of hydrogen-bond acceptors (Lipinski definition) is 2. The van der Waals surface area contributed by atoms with Crippen molar-refractivity contribution in [2.45, 2.75) is 39.2 Å². The van der Waals surface area contributed by atoms with Crippen molar-refractivity contribution in [3.05, 3.63) is 63.6 Å². The molecule has 0 heterocycles. The number of rotatable bonds is 6. The summed E-state index contributed by atoms with van der Waals surface area (Å²) in [6, 6.07) is 12.9. The van der Waals surface area contributed by atoms with Crippen LogP contribution < -0.4 is 4.74 Å². The van der Waals surface area contributed by atoms with E-state index in [1.165, 1.54) is 5.56 Å². The monoisotopic (exact) mass is 376 g/mol. The van der Waals surface area contributed by atoms with Gasteiger partial charge in [-0.15, -0.1) is 0 Å². The molecule has 0 saturated heterocycles. The zero-order valence-electron chi connectivity index (χ0n) is 13.6. The van der Waals surface area contributed by atoms with E-state index in [2.05, 4.69) is 48.8 Å². The summed E-state index contributed by atoms with van der Waals surface area (Å²) in [5.74, 6) is -0.180. The van der Waals surface area contributed by atoms with Crippen molar-refractivity contribution >= 4 is 21.9 Å². The molecule has 23 heavy (non-hydrogen) atoms. The maximum absolute atomic E-state index is 11.0. The number of carbonyl (C=O) groups is 1. The van der Waals surface area contributed by atoms with Crippen molar-refractivity contribution in [2.75, 3.05) is 0 Å². The molecule has 0 aliphatic heterocycles. The molecule has 0 aliphatic carbocycles. The first-order valence-corrected chi connectivity index (χ1v) is 8.38. The van der Waals surface area contributed by atoms with Gasteiger partial charge in [-0.1, -0.05) is 39.0 Å². The zero-order chi connectivity index (χ0) is 17.0. The number of ether oxygens (including phenoxy) is 1. The third-order valence-corrected chi connectivity index (χ3v) is 4.79. The van der Waals surface area contributed by atoms with Gasteiger partial charge < -0.3 is 9.84 Å². The van der Waals surface area contributed by atoms with Crippen molar-refractivity contribution in [1.29, 1.82) is 0 Å². The molecule has 0 amide bonds. The van der Waals surface area contributed by atoms with Crippen molar-refractivity contribution in [3.63, 3.8) is 0 Å². The molecule has 0 aromatic heterocycles.